The van der Waals surface area contributed by atoms with Gasteiger partial charge in [0.2, 0.25) is 5.91 Å². The number of aromatic hydroxyl groups is 2. The molecule has 0 saturated heterocycles. The van der Waals surface area contributed by atoms with Crippen LogP contribution in [0, 0.1) is 20.8 Å². The second-order valence-corrected chi connectivity index (χ2v) is 17.2. The lowest BCUT2D eigenvalue weighted by atomic mass is 9.97. The van der Waals surface area contributed by atoms with Crippen molar-refractivity contribution in [2.24, 2.45) is 4.99 Å². The van der Waals surface area contributed by atoms with Crippen molar-refractivity contribution in [2.75, 3.05) is 26.4 Å². The van der Waals surface area contributed by atoms with Crippen LogP contribution in [-0.2, 0) is 9.53 Å². The van der Waals surface area contributed by atoms with Crippen molar-refractivity contribution in [3.05, 3.63) is 140 Å². The van der Waals surface area contributed by atoms with Crippen LogP contribution in [0.25, 0.3) is 25.5 Å². The summed E-state index contributed by atoms with van der Waals surface area (Å²) >= 11 is 9.33. The molecule has 7 aromatic rings. The molecule has 60 heavy (non-hydrogen) atoms. The lowest BCUT2D eigenvalue weighted by Crippen LogP contribution is -2.26. The minimum atomic E-state index is -0.529. The fourth-order valence-corrected chi connectivity index (χ4v) is 9.81. The Bertz CT molecular complexity index is 2720. The maximum absolute atomic E-state index is 13.9. The van der Waals surface area contributed by atoms with E-state index >= 15 is 0 Å². The van der Waals surface area contributed by atoms with Crippen LogP contribution in [0.3, 0.4) is 0 Å². The first-order valence-corrected chi connectivity index (χ1v) is 21.6. The Kier molecular flexibility index (Phi) is 12.1. The number of phenolic OH excluding ortho intramolecular Hbond substituents is 2. The SMILES string of the molecule is Cc1sc2c(c1C)C(c1ccc(Cl)cc1)=NC(CC(=O)NCCCCOCCOc1ccc(C(=O)c3c(-c4ccc(O)cc4)sc4cc(O)ccc34)cc1)c1nnc(C)n1-2. The highest BCUT2D eigenvalue weighted by atomic mass is 35.5. The summed E-state index contributed by atoms with van der Waals surface area (Å²) in [5.74, 6) is 2.00. The summed E-state index contributed by atoms with van der Waals surface area (Å²) in [6, 6.07) is 25.8. The van der Waals surface area contributed by atoms with E-state index < -0.39 is 6.04 Å². The van der Waals surface area contributed by atoms with Gasteiger partial charge < -0.3 is 25.0 Å². The third kappa shape index (κ3) is 8.57. The number of phenols is 2. The van der Waals surface area contributed by atoms with Gasteiger partial charge in [-0.25, -0.2) is 0 Å². The topological polar surface area (TPSA) is 148 Å². The first-order chi connectivity index (χ1) is 29.0. The van der Waals surface area contributed by atoms with Crippen LogP contribution in [-0.4, -0.2) is 68.7 Å². The molecular formula is C46H42ClN5O6S2. The average Bonchev–Trinajstić information content (AvgIpc) is 3.88. The van der Waals surface area contributed by atoms with Crippen LogP contribution in [0.15, 0.2) is 96.0 Å². The highest BCUT2D eigenvalue weighted by Crippen LogP contribution is 2.42. The van der Waals surface area contributed by atoms with E-state index in [2.05, 4.69) is 29.4 Å². The van der Waals surface area contributed by atoms with E-state index in [0.29, 0.717) is 54.1 Å². The Hall–Kier alpha value is -5.86. The molecule has 1 amide bonds. The number of hydrogen-bond acceptors (Lipinski definition) is 11. The zero-order chi connectivity index (χ0) is 41.9. The molecule has 0 bridgehead atoms. The van der Waals surface area contributed by atoms with E-state index in [-0.39, 0.29) is 29.6 Å². The summed E-state index contributed by atoms with van der Waals surface area (Å²) in [6.07, 6.45) is 1.63. The van der Waals surface area contributed by atoms with Crippen molar-refractivity contribution in [2.45, 2.75) is 46.1 Å². The lowest BCUT2D eigenvalue weighted by molar-refractivity contribution is -0.121. The largest absolute Gasteiger partial charge is 0.508 e. The number of fused-ring (bicyclic) bond motifs is 4. The number of nitrogens with one attached hydrogen (secondary N) is 1. The van der Waals surface area contributed by atoms with Gasteiger partial charge in [-0.15, -0.1) is 32.9 Å². The van der Waals surface area contributed by atoms with E-state index in [0.717, 1.165) is 66.6 Å². The van der Waals surface area contributed by atoms with Crippen molar-refractivity contribution in [1.29, 1.82) is 0 Å². The Labute approximate surface area is 359 Å². The number of halogens is 1. The maximum Gasteiger partial charge on any atom is 0.222 e. The first kappa shape index (κ1) is 40.9. The molecule has 0 saturated carbocycles. The monoisotopic (exact) mass is 859 g/mol. The van der Waals surface area contributed by atoms with Gasteiger partial charge in [0.25, 0.3) is 0 Å². The van der Waals surface area contributed by atoms with Crippen LogP contribution in [0.2, 0.25) is 5.02 Å². The highest BCUT2D eigenvalue weighted by molar-refractivity contribution is 7.22. The molecular weight excluding hydrogens is 818 g/mol. The molecule has 4 heterocycles. The minimum Gasteiger partial charge on any atom is -0.508 e. The minimum absolute atomic E-state index is 0.117. The summed E-state index contributed by atoms with van der Waals surface area (Å²) < 4.78 is 14.5. The number of hydrogen-bond donors (Lipinski definition) is 3. The Morgan fingerprint density at radius 2 is 1.57 bits per heavy atom. The standard InChI is InChI=1S/C46H42ClN5O6S2/c1-26-27(2)59-46-40(26)42(29-6-12-32(47)13-7-29)49-37(45-51-50-28(3)52(45)46)25-39(55)48-20-4-5-21-57-22-23-58-35-17-10-30(11-18-35)43(56)41-36-19-16-34(54)24-38(36)60-44(41)31-8-14-33(53)15-9-31/h6-19,24,37,53-54H,4-5,20-23,25H2,1-3H3,(H,48,55). The van der Waals surface area contributed by atoms with Gasteiger partial charge >= 0.3 is 0 Å². The number of rotatable bonds is 15. The van der Waals surface area contributed by atoms with Crippen molar-refractivity contribution in [3.63, 3.8) is 0 Å². The molecule has 14 heteroatoms. The van der Waals surface area contributed by atoms with Crippen molar-refractivity contribution >= 4 is 61.8 Å². The molecule has 1 aliphatic heterocycles. The number of ether oxygens (including phenoxy) is 2. The van der Waals surface area contributed by atoms with E-state index in [1.54, 1.807) is 78.1 Å². The number of nitrogens with zero attached hydrogens (tertiary/aromatic N) is 4. The van der Waals surface area contributed by atoms with Crippen LogP contribution in [0.4, 0.5) is 0 Å². The molecule has 0 fully saturated rings. The van der Waals surface area contributed by atoms with Gasteiger partial charge in [-0.2, -0.15) is 0 Å². The number of unbranched alkanes of at least 4 members (excludes halogenated alkanes) is 1. The molecule has 11 nitrogen and oxygen atoms in total. The molecule has 1 unspecified atom stereocenters. The fourth-order valence-electron chi connectivity index (χ4n) is 7.23. The number of aryl methyl sites for hydroxylation is 2. The van der Waals surface area contributed by atoms with Gasteiger partial charge in [-0.1, -0.05) is 23.7 Å². The summed E-state index contributed by atoms with van der Waals surface area (Å²) in [4.78, 5) is 34.3. The summed E-state index contributed by atoms with van der Waals surface area (Å²) in [6.45, 7) is 7.86. The van der Waals surface area contributed by atoms with Gasteiger partial charge in [0.1, 0.15) is 40.7 Å². The molecule has 1 aliphatic rings. The molecule has 4 aromatic carbocycles. The van der Waals surface area contributed by atoms with Gasteiger partial charge in [0, 0.05) is 60.3 Å². The normalized spacial score (nSPS) is 13.4. The molecule has 3 aromatic heterocycles. The van der Waals surface area contributed by atoms with Gasteiger partial charge in [-0.3, -0.25) is 19.1 Å². The summed E-state index contributed by atoms with van der Waals surface area (Å²) in [5.41, 5.74) is 5.75. The maximum atomic E-state index is 13.9. The van der Waals surface area contributed by atoms with Crippen molar-refractivity contribution in [1.82, 2.24) is 20.1 Å². The number of thiophene rings is 2. The molecule has 1 atom stereocenters. The van der Waals surface area contributed by atoms with Crippen molar-refractivity contribution in [3.8, 4) is 32.7 Å². The quantitative estimate of drug-likeness (QED) is 0.0682. The summed E-state index contributed by atoms with van der Waals surface area (Å²) in [5, 5.41) is 34.2. The van der Waals surface area contributed by atoms with E-state index in [4.69, 9.17) is 26.1 Å². The van der Waals surface area contributed by atoms with E-state index in [9.17, 15) is 19.8 Å². The van der Waals surface area contributed by atoms with Crippen LogP contribution in [0.1, 0.15) is 74.4 Å². The summed E-state index contributed by atoms with van der Waals surface area (Å²) in [7, 11) is 0. The Morgan fingerprint density at radius 3 is 2.33 bits per heavy atom. The number of ketones is 1. The number of carbonyl (C=O) groups excluding carboxylic acids is 2. The number of aromatic nitrogens is 3. The number of benzene rings is 4. The second-order valence-electron chi connectivity index (χ2n) is 14.5. The molecule has 0 radical (unpaired) electrons. The average molecular weight is 860 g/mol. The lowest BCUT2D eigenvalue weighted by Gasteiger charge is -2.13. The molecule has 3 N–H and O–H groups in total. The molecule has 0 aliphatic carbocycles. The Morgan fingerprint density at radius 1 is 0.833 bits per heavy atom. The van der Waals surface area contributed by atoms with Gasteiger partial charge in [0.05, 0.1) is 18.7 Å². The van der Waals surface area contributed by atoms with Crippen LogP contribution in [0.5, 0.6) is 17.2 Å². The fraction of sp³-hybridized carbons (Fsp3) is 0.239. The number of amides is 1. The second kappa shape index (κ2) is 17.8. The van der Waals surface area contributed by atoms with Crippen LogP contribution < -0.4 is 10.1 Å². The molecule has 8 rings (SSSR count). The van der Waals surface area contributed by atoms with E-state index in [1.807, 2.05) is 35.8 Å². The predicted molar refractivity (Wildman–Crippen MR) is 237 cm³/mol. The molecule has 0 spiro atoms. The number of aliphatic imine (C=N–C) groups is 1. The number of carbonyl (C=O) groups is 2. The third-order valence-electron chi connectivity index (χ3n) is 10.4. The van der Waals surface area contributed by atoms with Gasteiger partial charge in [0.15, 0.2) is 11.6 Å². The Balaban J connectivity index is 0.804. The first-order valence-electron chi connectivity index (χ1n) is 19.6. The molecule has 306 valence electrons. The zero-order valence-corrected chi connectivity index (χ0v) is 35.6. The van der Waals surface area contributed by atoms with E-state index in [1.165, 1.54) is 16.2 Å². The predicted octanol–water partition coefficient (Wildman–Crippen LogP) is 9.71. The van der Waals surface area contributed by atoms with Gasteiger partial charge in [-0.05, 0) is 124 Å². The highest BCUT2D eigenvalue weighted by Gasteiger charge is 2.32. The smallest absolute Gasteiger partial charge is 0.222 e. The third-order valence-corrected chi connectivity index (χ3v) is 13.1. The van der Waals surface area contributed by atoms with Crippen molar-refractivity contribution < 1.29 is 29.3 Å². The zero-order valence-electron chi connectivity index (χ0n) is 33.2. The van der Waals surface area contributed by atoms with Crippen LogP contribution >= 0.6 is 34.3 Å².